The van der Waals surface area contributed by atoms with Gasteiger partial charge in [-0.1, -0.05) is 42.5 Å². The second-order valence-electron chi connectivity index (χ2n) is 7.47. The Kier molecular flexibility index (Phi) is 7.89. The summed E-state index contributed by atoms with van der Waals surface area (Å²) in [6.45, 7) is 3.79. The van der Waals surface area contributed by atoms with Gasteiger partial charge in [0, 0.05) is 38.9 Å². The summed E-state index contributed by atoms with van der Waals surface area (Å²) in [5.74, 6) is -0.127. The zero-order valence-corrected chi connectivity index (χ0v) is 18.8. The average Bonchev–Trinajstić information content (AvgIpc) is 2.79. The molecule has 0 unspecified atom stereocenters. The molecule has 0 bridgehead atoms. The van der Waals surface area contributed by atoms with Crippen LogP contribution in [0.3, 0.4) is 0 Å². The maximum absolute atomic E-state index is 12.7. The predicted molar refractivity (Wildman–Crippen MR) is 121 cm³/mol. The molecule has 31 heavy (non-hydrogen) atoms. The van der Waals surface area contributed by atoms with Crippen LogP contribution in [-0.4, -0.2) is 59.7 Å². The van der Waals surface area contributed by atoms with Gasteiger partial charge in [0.15, 0.2) is 0 Å². The number of hydrogen-bond donors (Lipinski definition) is 2. The van der Waals surface area contributed by atoms with Gasteiger partial charge in [0.2, 0.25) is 10.0 Å². The van der Waals surface area contributed by atoms with Crippen molar-refractivity contribution in [3.8, 4) is 0 Å². The fourth-order valence-electron chi connectivity index (χ4n) is 3.54. The second-order valence-corrected chi connectivity index (χ2v) is 9.40. The van der Waals surface area contributed by atoms with Gasteiger partial charge in [-0.25, -0.2) is 17.9 Å². The Bertz CT molecular complexity index is 991. The number of anilines is 1. The summed E-state index contributed by atoms with van der Waals surface area (Å²) in [5, 5.41) is 2.90. The van der Waals surface area contributed by atoms with E-state index in [0.29, 0.717) is 25.3 Å². The van der Waals surface area contributed by atoms with E-state index in [9.17, 15) is 13.2 Å². The van der Waals surface area contributed by atoms with Gasteiger partial charge in [-0.3, -0.25) is 0 Å². The lowest BCUT2D eigenvalue weighted by molar-refractivity contribution is 0.122. The number of carbonyl (C=O) groups is 1. The summed E-state index contributed by atoms with van der Waals surface area (Å²) in [6.07, 6.45) is 0. The number of morpholine rings is 1. The highest BCUT2D eigenvalue weighted by atomic mass is 32.2. The third kappa shape index (κ3) is 6.43. The number of hydrogen-bond acceptors (Lipinski definition) is 5. The topological polar surface area (TPSA) is 91.0 Å². The molecule has 0 radical (unpaired) electrons. The Morgan fingerprint density at radius 3 is 2.32 bits per heavy atom. The molecule has 9 heteroatoms. The summed E-state index contributed by atoms with van der Waals surface area (Å²) < 4.78 is 31.6. The van der Waals surface area contributed by atoms with Crippen molar-refractivity contribution in [1.82, 2.24) is 14.9 Å². The molecule has 0 atom stereocenters. The molecule has 2 N–H and O–H groups in total. The number of carbonyl (C=O) groups excluding carboxylic acids is 1. The minimum Gasteiger partial charge on any atom is -0.378 e. The molecule has 0 saturated carbocycles. The van der Waals surface area contributed by atoms with Crippen LogP contribution in [0.25, 0.3) is 0 Å². The van der Waals surface area contributed by atoms with Crippen LogP contribution in [0.1, 0.15) is 16.7 Å². The van der Waals surface area contributed by atoms with E-state index in [-0.39, 0.29) is 18.3 Å². The van der Waals surface area contributed by atoms with Crippen molar-refractivity contribution in [2.75, 3.05) is 45.3 Å². The van der Waals surface area contributed by atoms with Crippen LogP contribution in [0.15, 0.2) is 48.5 Å². The SMILES string of the molecule is CNS(=O)(=O)Cc1ccccc1CNC(=O)N(C)Cc1ccccc1N1CCOCC1. The first-order valence-corrected chi connectivity index (χ1v) is 11.9. The maximum Gasteiger partial charge on any atom is 0.317 e. The highest BCUT2D eigenvalue weighted by molar-refractivity contribution is 7.88. The smallest absolute Gasteiger partial charge is 0.317 e. The third-order valence-corrected chi connectivity index (χ3v) is 6.62. The molecule has 1 heterocycles. The van der Waals surface area contributed by atoms with Gasteiger partial charge in [-0.05, 0) is 29.8 Å². The highest BCUT2D eigenvalue weighted by Gasteiger charge is 2.18. The number of benzene rings is 2. The van der Waals surface area contributed by atoms with E-state index in [4.69, 9.17) is 4.74 Å². The third-order valence-electron chi connectivity index (χ3n) is 5.30. The van der Waals surface area contributed by atoms with Crippen molar-refractivity contribution in [2.24, 2.45) is 0 Å². The molecule has 1 saturated heterocycles. The molecule has 8 nitrogen and oxygen atoms in total. The van der Waals surface area contributed by atoms with Crippen molar-refractivity contribution in [3.05, 3.63) is 65.2 Å². The predicted octanol–water partition coefficient (Wildman–Crippen LogP) is 1.91. The fraction of sp³-hybridized carbons (Fsp3) is 0.409. The lowest BCUT2D eigenvalue weighted by Crippen LogP contribution is -2.39. The highest BCUT2D eigenvalue weighted by Crippen LogP contribution is 2.22. The first-order valence-electron chi connectivity index (χ1n) is 10.3. The van der Waals surface area contributed by atoms with Gasteiger partial charge < -0.3 is 19.9 Å². The van der Waals surface area contributed by atoms with Gasteiger partial charge in [-0.15, -0.1) is 0 Å². The summed E-state index contributed by atoms with van der Waals surface area (Å²) >= 11 is 0. The molecule has 0 aromatic heterocycles. The quantitative estimate of drug-likeness (QED) is 0.647. The number of rotatable bonds is 8. The van der Waals surface area contributed by atoms with Crippen LogP contribution in [0.5, 0.6) is 0 Å². The number of nitrogens with zero attached hydrogens (tertiary/aromatic N) is 2. The molecular weight excluding hydrogens is 416 g/mol. The van der Waals surface area contributed by atoms with Crippen LogP contribution >= 0.6 is 0 Å². The zero-order valence-electron chi connectivity index (χ0n) is 18.0. The molecule has 2 aromatic rings. The van der Waals surface area contributed by atoms with E-state index in [2.05, 4.69) is 21.0 Å². The largest absolute Gasteiger partial charge is 0.378 e. The summed E-state index contributed by atoms with van der Waals surface area (Å²) in [6, 6.07) is 15.1. The van der Waals surface area contributed by atoms with Crippen LogP contribution in [0.2, 0.25) is 0 Å². The van der Waals surface area contributed by atoms with E-state index in [1.807, 2.05) is 30.3 Å². The number of urea groups is 1. The van der Waals surface area contributed by atoms with Gasteiger partial charge >= 0.3 is 6.03 Å². The number of nitrogens with one attached hydrogen (secondary N) is 2. The normalized spacial score (nSPS) is 14.3. The van der Waals surface area contributed by atoms with Crippen LogP contribution in [0, 0.1) is 0 Å². The van der Waals surface area contributed by atoms with Gasteiger partial charge in [0.25, 0.3) is 0 Å². The Morgan fingerprint density at radius 2 is 1.65 bits per heavy atom. The van der Waals surface area contributed by atoms with Gasteiger partial charge in [-0.2, -0.15) is 0 Å². The molecular formula is C22H30N4O4S. The lowest BCUT2D eigenvalue weighted by atomic mass is 10.1. The molecule has 168 valence electrons. The first kappa shape index (κ1) is 23.1. The Balaban J connectivity index is 1.63. The summed E-state index contributed by atoms with van der Waals surface area (Å²) in [4.78, 5) is 16.6. The van der Waals surface area contributed by atoms with Crippen molar-refractivity contribution in [2.45, 2.75) is 18.8 Å². The standard InChI is InChI=1S/C22H30N4O4S/c1-23-31(28,29)17-20-9-4-3-7-18(20)15-24-22(27)25(2)16-19-8-5-6-10-21(19)26-11-13-30-14-12-26/h3-10,23H,11-17H2,1-2H3,(H,24,27). The van der Waals surface area contributed by atoms with Gasteiger partial charge in [0.05, 0.1) is 19.0 Å². The number of amides is 2. The van der Waals surface area contributed by atoms with Crippen molar-refractivity contribution >= 4 is 21.7 Å². The Morgan fingerprint density at radius 1 is 1.03 bits per heavy atom. The molecule has 2 aromatic carbocycles. The fourth-order valence-corrected chi connectivity index (χ4v) is 4.37. The average molecular weight is 447 g/mol. The van der Waals surface area contributed by atoms with E-state index >= 15 is 0 Å². The van der Waals surface area contributed by atoms with E-state index in [0.717, 1.165) is 29.9 Å². The van der Waals surface area contributed by atoms with Crippen molar-refractivity contribution in [3.63, 3.8) is 0 Å². The summed E-state index contributed by atoms with van der Waals surface area (Å²) in [7, 11) is -0.248. The minimum atomic E-state index is -3.39. The van der Waals surface area contributed by atoms with Crippen molar-refractivity contribution < 1.29 is 17.9 Å². The molecule has 1 fully saturated rings. The van der Waals surface area contributed by atoms with Crippen LogP contribution in [-0.2, 0) is 33.6 Å². The van der Waals surface area contributed by atoms with Crippen LogP contribution < -0.4 is 14.9 Å². The molecule has 3 rings (SSSR count). The maximum atomic E-state index is 12.7. The summed E-state index contributed by atoms with van der Waals surface area (Å²) in [5.41, 5.74) is 3.63. The van der Waals surface area contributed by atoms with E-state index in [1.54, 1.807) is 24.1 Å². The number of para-hydroxylation sites is 1. The number of ether oxygens (including phenoxy) is 1. The molecule has 0 aliphatic carbocycles. The number of sulfonamides is 1. The first-order chi connectivity index (χ1) is 14.9. The van der Waals surface area contributed by atoms with E-state index in [1.165, 1.54) is 7.05 Å². The molecule has 1 aliphatic heterocycles. The monoisotopic (exact) mass is 446 g/mol. The van der Waals surface area contributed by atoms with Crippen molar-refractivity contribution in [1.29, 1.82) is 0 Å². The Hall–Kier alpha value is -2.62. The molecule has 1 aliphatic rings. The Labute approximate surface area is 184 Å². The van der Waals surface area contributed by atoms with E-state index < -0.39 is 10.0 Å². The van der Waals surface area contributed by atoms with Crippen LogP contribution in [0.4, 0.5) is 10.5 Å². The molecule has 2 amide bonds. The zero-order chi connectivity index (χ0) is 22.3. The second kappa shape index (κ2) is 10.6. The lowest BCUT2D eigenvalue weighted by Gasteiger charge is -2.31. The minimum absolute atomic E-state index is 0.127. The van der Waals surface area contributed by atoms with Gasteiger partial charge in [0.1, 0.15) is 0 Å². The molecule has 0 spiro atoms.